The molecule has 25 heavy (non-hydrogen) atoms. The lowest BCUT2D eigenvalue weighted by Gasteiger charge is -2.35. The number of amides is 1. The van der Waals surface area contributed by atoms with E-state index in [9.17, 15) is 4.79 Å². The third kappa shape index (κ3) is 3.76. The van der Waals surface area contributed by atoms with Gasteiger partial charge in [0.2, 0.25) is 5.91 Å². The van der Waals surface area contributed by atoms with Crippen LogP contribution in [-0.2, 0) is 16.8 Å². The topological polar surface area (TPSA) is 50.2 Å². The Bertz CT molecular complexity index is 755. The van der Waals surface area contributed by atoms with Crippen LogP contribution in [0, 0.1) is 5.92 Å². The zero-order chi connectivity index (χ0) is 18.0. The Balaban J connectivity index is 1.82. The van der Waals surface area contributed by atoms with Gasteiger partial charge in [0.05, 0.1) is 6.20 Å². The Morgan fingerprint density at radius 1 is 1.28 bits per heavy atom. The highest BCUT2D eigenvalue weighted by Crippen LogP contribution is 2.32. The summed E-state index contributed by atoms with van der Waals surface area (Å²) < 4.78 is 2.01. The van der Waals surface area contributed by atoms with Gasteiger partial charge in [-0.05, 0) is 29.2 Å². The van der Waals surface area contributed by atoms with Crippen LogP contribution in [-0.4, -0.2) is 28.8 Å². The van der Waals surface area contributed by atoms with E-state index in [-0.39, 0.29) is 11.3 Å². The van der Waals surface area contributed by atoms with Gasteiger partial charge in [-0.3, -0.25) is 4.79 Å². The molecule has 1 aromatic carbocycles. The van der Waals surface area contributed by atoms with Crippen molar-refractivity contribution in [3.63, 3.8) is 0 Å². The number of anilines is 2. The first kappa shape index (κ1) is 17.3. The number of aromatic nitrogens is 2. The van der Waals surface area contributed by atoms with Gasteiger partial charge in [0.25, 0.3) is 0 Å². The van der Waals surface area contributed by atoms with Crippen LogP contribution in [0.25, 0.3) is 0 Å². The normalized spacial score (nSPS) is 17.1. The summed E-state index contributed by atoms with van der Waals surface area (Å²) in [5.74, 6) is 1.25. The van der Waals surface area contributed by atoms with E-state index < -0.39 is 0 Å². The van der Waals surface area contributed by atoms with Gasteiger partial charge >= 0.3 is 0 Å². The SMILES string of the molecule is C=CC(=O)NC[C@H]1CN(c2ccc(C(C)(C)C)cc2)c2ccnn2C1. The molecule has 1 aromatic heterocycles. The number of carbonyl (C=O) groups excluding carboxylic acids is 1. The van der Waals surface area contributed by atoms with Crippen LogP contribution in [0.4, 0.5) is 11.5 Å². The summed E-state index contributed by atoms with van der Waals surface area (Å²) in [6.07, 6.45) is 3.14. The quantitative estimate of drug-likeness (QED) is 0.871. The molecule has 3 rings (SSSR count). The summed E-state index contributed by atoms with van der Waals surface area (Å²) in [6.45, 7) is 12.4. The van der Waals surface area contributed by atoms with Crippen LogP contribution in [0.2, 0.25) is 0 Å². The van der Waals surface area contributed by atoms with E-state index in [1.807, 2.05) is 16.9 Å². The highest BCUT2D eigenvalue weighted by Gasteiger charge is 2.26. The zero-order valence-electron chi connectivity index (χ0n) is 15.2. The number of hydrogen-bond acceptors (Lipinski definition) is 3. The van der Waals surface area contributed by atoms with Crippen LogP contribution in [0.3, 0.4) is 0 Å². The number of hydrogen-bond donors (Lipinski definition) is 1. The van der Waals surface area contributed by atoms with Gasteiger partial charge in [0.15, 0.2) is 0 Å². The van der Waals surface area contributed by atoms with E-state index >= 15 is 0 Å². The monoisotopic (exact) mass is 338 g/mol. The maximum Gasteiger partial charge on any atom is 0.243 e. The van der Waals surface area contributed by atoms with Crippen molar-refractivity contribution in [2.75, 3.05) is 18.0 Å². The van der Waals surface area contributed by atoms with Crippen molar-refractivity contribution in [3.05, 3.63) is 54.7 Å². The van der Waals surface area contributed by atoms with Gasteiger partial charge in [-0.2, -0.15) is 5.10 Å². The Kier molecular flexibility index (Phi) is 4.66. The number of benzene rings is 1. The van der Waals surface area contributed by atoms with Gasteiger partial charge in [-0.15, -0.1) is 0 Å². The minimum atomic E-state index is -0.132. The Morgan fingerprint density at radius 3 is 2.64 bits per heavy atom. The highest BCUT2D eigenvalue weighted by atomic mass is 16.1. The van der Waals surface area contributed by atoms with Gasteiger partial charge in [0, 0.05) is 37.3 Å². The van der Waals surface area contributed by atoms with Crippen molar-refractivity contribution in [1.29, 1.82) is 0 Å². The van der Waals surface area contributed by atoms with Crippen LogP contribution in [0.1, 0.15) is 26.3 Å². The van der Waals surface area contributed by atoms with Gasteiger partial charge in [0.1, 0.15) is 5.82 Å². The van der Waals surface area contributed by atoms with Crippen LogP contribution in [0.5, 0.6) is 0 Å². The molecule has 0 saturated heterocycles. The summed E-state index contributed by atoms with van der Waals surface area (Å²) in [6, 6.07) is 10.8. The maximum atomic E-state index is 11.5. The molecule has 2 aromatic rings. The Hall–Kier alpha value is -2.56. The van der Waals surface area contributed by atoms with Gasteiger partial charge in [-0.25, -0.2) is 4.68 Å². The molecule has 132 valence electrons. The van der Waals surface area contributed by atoms with E-state index in [1.54, 1.807) is 0 Å². The van der Waals surface area contributed by atoms with Gasteiger partial charge < -0.3 is 10.2 Å². The Labute approximate surface area is 149 Å². The van der Waals surface area contributed by atoms with E-state index in [4.69, 9.17) is 0 Å². The van der Waals surface area contributed by atoms with Gasteiger partial charge in [-0.1, -0.05) is 39.5 Å². The lowest BCUT2D eigenvalue weighted by atomic mass is 9.87. The molecule has 1 aliphatic heterocycles. The molecule has 0 spiro atoms. The summed E-state index contributed by atoms with van der Waals surface area (Å²) in [4.78, 5) is 13.7. The molecule has 2 heterocycles. The lowest BCUT2D eigenvalue weighted by Crippen LogP contribution is -2.41. The largest absolute Gasteiger partial charge is 0.352 e. The standard InChI is InChI=1S/C20H26N4O/c1-5-18(25)21-12-15-13-23(19-10-11-22-24(19)14-15)17-8-6-16(7-9-17)20(2,3)4/h5-11,15H,1,12-14H2,2-4H3,(H,21,25)/t15-/m0/s1. The summed E-state index contributed by atoms with van der Waals surface area (Å²) in [7, 11) is 0. The molecule has 5 heteroatoms. The molecule has 0 fully saturated rings. The summed E-state index contributed by atoms with van der Waals surface area (Å²) in [5, 5.41) is 7.33. The van der Waals surface area contributed by atoms with Crippen molar-refractivity contribution < 1.29 is 4.79 Å². The fourth-order valence-electron chi connectivity index (χ4n) is 3.17. The molecule has 1 aliphatic rings. The molecule has 1 N–H and O–H groups in total. The van der Waals surface area contributed by atoms with Crippen molar-refractivity contribution in [3.8, 4) is 0 Å². The number of carbonyl (C=O) groups is 1. The average molecular weight is 338 g/mol. The fourth-order valence-corrected chi connectivity index (χ4v) is 3.17. The average Bonchev–Trinajstić information content (AvgIpc) is 3.06. The summed E-state index contributed by atoms with van der Waals surface area (Å²) >= 11 is 0. The molecule has 5 nitrogen and oxygen atoms in total. The van der Waals surface area contributed by atoms with E-state index in [1.165, 1.54) is 11.6 Å². The van der Waals surface area contributed by atoms with E-state index in [0.717, 1.165) is 24.6 Å². The number of fused-ring (bicyclic) bond motifs is 1. The first-order valence-electron chi connectivity index (χ1n) is 8.68. The second-order valence-electron chi connectivity index (χ2n) is 7.59. The lowest BCUT2D eigenvalue weighted by molar-refractivity contribution is -0.116. The second-order valence-corrected chi connectivity index (χ2v) is 7.59. The molecule has 0 aliphatic carbocycles. The van der Waals surface area contributed by atoms with Crippen LogP contribution < -0.4 is 10.2 Å². The minimum Gasteiger partial charge on any atom is -0.352 e. The first-order valence-corrected chi connectivity index (χ1v) is 8.68. The van der Waals surface area contributed by atoms with Crippen LogP contribution >= 0.6 is 0 Å². The number of rotatable bonds is 4. The third-order valence-corrected chi connectivity index (χ3v) is 4.64. The molecule has 0 saturated carbocycles. The van der Waals surface area contributed by atoms with Crippen molar-refractivity contribution >= 4 is 17.4 Å². The number of nitrogens with zero attached hydrogens (tertiary/aromatic N) is 3. The number of nitrogens with one attached hydrogen (secondary N) is 1. The first-order chi connectivity index (χ1) is 11.9. The molecular formula is C20H26N4O. The van der Waals surface area contributed by atoms with Crippen molar-refractivity contribution in [1.82, 2.24) is 15.1 Å². The Morgan fingerprint density at radius 2 is 2.00 bits per heavy atom. The predicted molar refractivity (Wildman–Crippen MR) is 101 cm³/mol. The third-order valence-electron chi connectivity index (χ3n) is 4.64. The van der Waals surface area contributed by atoms with Crippen LogP contribution in [0.15, 0.2) is 49.2 Å². The fraction of sp³-hybridized carbons (Fsp3) is 0.400. The van der Waals surface area contributed by atoms with E-state index in [2.05, 4.69) is 66.9 Å². The second kappa shape index (κ2) is 6.75. The minimum absolute atomic E-state index is 0.132. The van der Waals surface area contributed by atoms with Crippen molar-refractivity contribution in [2.45, 2.75) is 32.7 Å². The zero-order valence-corrected chi connectivity index (χ0v) is 15.2. The smallest absolute Gasteiger partial charge is 0.243 e. The van der Waals surface area contributed by atoms with E-state index in [0.29, 0.717) is 12.5 Å². The molecule has 0 unspecified atom stereocenters. The molecule has 0 bridgehead atoms. The predicted octanol–water partition coefficient (Wildman–Crippen LogP) is 3.25. The highest BCUT2D eigenvalue weighted by molar-refractivity contribution is 5.86. The molecule has 0 radical (unpaired) electrons. The summed E-state index contributed by atoms with van der Waals surface area (Å²) in [5.41, 5.74) is 2.60. The molecule has 1 amide bonds. The molecule has 1 atom stereocenters. The molecular weight excluding hydrogens is 312 g/mol. The maximum absolute atomic E-state index is 11.5. The van der Waals surface area contributed by atoms with Crippen molar-refractivity contribution in [2.24, 2.45) is 5.92 Å².